The van der Waals surface area contributed by atoms with E-state index in [1.54, 1.807) is 0 Å². The Morgan fingerprint density at radius 1 is 1.04 bits per heavy atom. The third kappa shape index (κ3) is 3.83. The summed E-state index contributed by atoms with van der Waals surface area (Å²) in [6.07, 6.45) is 4.52. The van der Waals surface area contributed by atoms with Gasteiger partial charge in [-0.05, 0) is 55.7 Å². The number of hydrogen-bond donors (Lipinski definition) is 0. The molecule has 0 N–H and O–H groups in total. The van der Waals surface area contributed by atoms with Gasteiger partial charge in [0.05, 0.1) is 12.1 Å². The molecule has 0 unspecified atom stereocenters. The van der Waals surface area contributed by atoms with E-state index in [2.05, 4.69) is 24.3 Å². The summed E-state index contributed by atoms with van der Waals surface area (Å²) in [6.45, 7) is 3.64. The van der Waals surface area contributed by atoms with Crippen molar-refractivity contribution in [2.45, 2.75) is 44.8 Å². The van der Waals surface area contributed by atoms with Gasteiger partial charge in [-0.1, -0.05) is 48.5 Å². The van der Waals surface area contributed by atoms with E-state index in [0.717, 1.165) is 43.0 Å². The topological polar surface area (TPSA) is 29.5 Å². The maximum absolute atomic E-state index is 13.2. The number of rotatable bonds is 6. The first kappa shape index (κ1) is 17.3. The lowest BCUT2D eigenvalue weighted by molar-refractivity contribution is 0.0200. The molecule has 2 fully saturated rings. The smallest absolute Gasteiger partial charge is 0.254 e. The highest BCUT2D eigenvalue weighted by Gasteiger charge is 2.39. The van der Waals surface area contributed by atoms with E-state index < -0.39 is 0 Å². The van der Waals surface area contributed by atoms with E-state index in [9.17, 15) is 4.79 Å². The van der Waals surface area contributed by atoms with Gasteiger partial charge in [0.1, 0.15) is 0 Å². The minimum Gasteiger partial charge on any atom is -0.376 e. The molecule has 2 aromatic carbocycles. The average molecular weight is 349 g/mol. The van der Waals surface area contributed by atoms with E-state index in [4.69, 9.17) is 4.74 Å². The Bertz CT molecular complexity index is 754. The van der Waals surface area contributed by atoms with Gasteiger partial charge < -0.3 is 9.64 Å². The molecule has 1 amide bonds. The van der Waals surface area contributed by atoms with Gasteiger partial charge >= 0.3 is 0 Å². The van der Waals surface area contributed by atoms with E-state index in [1.165, 1.54) is 18.4 Å². The Kier molecular flexibility index (Phi) is 5.07. The van der Waals surface area contributed by atoms with Crippen molar-refractivity contribution in [3.8, 4) is 0 Å². The van der Waals surface area contributed by atoms with Crippen molar-refractivity contribution in [1.82, 2.24) is 4.90 Å². The Labute approximate surface area is 156 Å². The van der Waals surface area contributed by atoms with Gasteiger partial charge in [-0.15, -0.1) is 0 Å². The third-order valence-electron chi connectivity index (χ3n) is 5.65. The van der Waals surface area contributed by atoms with Crippen molar-refractivity contribution in [3.63, 3.8) is 0 Å². The second-order valence-electron chi connectivity index (χ2n) is 7.67. The van der Waals surface area contributed by atoms with Gasteiger partial charge in [0.15, 0.2) is 0 Å². The lowest BCUT2D eigenvalue weighted by Crippen LogP contribution is -2.42. The molecule has 3 heteroatoms. The van der Waals surface area contributed by atoms with Gasteiger partial charge in [-0.2, -0.15) is 0 Å². The monoisotopic (exact) mass is 349 g/mol. The average Bonchev–Trinajstić information content (AvgIpc) is 3.41. The summed E-state index contributed by atoms with van der Waals surface area (Å²) < 4.78 is 6.26. The number of hydrogen-bond acceptors (Lipinski definition) is 2. The van der Waals surface area contributed by atoms with Crippen molar-refractivity contribution >= 4 is 5.91 Å². The Morgan fingerprint density at radius 3 is 2.50 bits per heavy atom. The number of aryl methyl sites for hydroxylation is 1. The number of amides is 1. The molecule has 1 aliphatic carbocycles. The number of benzene rings is 2. The summed E-state index contributed by atoms with van der Waals surface area (Å²) in [7, 11) is 0. The van der Waals surface area contributed by atoms with Crippen LogP contribution in [0.2, 0.25) is 0 Å². The molecule has 2 aliphatic rings. The van der Waals surface area contributed by atoms with Crippen LogP contribution in [0.1, 0.15) is 40.7 Å². The predicted octanol–water partition coefficient (Wildman–Crippen LogP) is 4.25. The van der Waals surface area contributed by atoms with Crippen LogP contribution in [0, 0.1) is 12.8 Å². The summed E-state index contributed by atoms with van der Waals surface area (Å²) in [5.74, 6) is 0.884. The van der Waals surface area contributed by atoms with Crippen LogP contribution in [0.4, 0.5) is 0 Å². The van der Waals surface area contributed by atoms with E-state index in [-0.39, 0.29) is 18.1 Å². The zero-order valence-electron chi connectivity index (χ0n) is 15.4. The summed E-state index contributed by atoms with van der Waals surface area (Å²) in [5, 5.41) is 0. The highest BCUT2D eigenvalue weighted by atomic mass is 16.5. The summed E-state index contributed by atoms with van der Waals surface area (Å²) in [6, 6.07) is 18.5. The van der Waals surface area contributed by atoms with Crippen LogP contribution in [0.25, 0.3) is 0 Å². The first-order chi connectivity index (χ1) is 12.7. The molecular weight excluding hydrogens is 322 g/mol. The number of ether oxygens (including phenoxy) is 1. The minimum absolute atomic E-state index is 0.114. The number of carbonyl (C=O) groups is 1. The van der Waals surface area contributed by atoms with Crippen LogP contribution in [-0.4, -0.2) is 36.1 Å². The molecule has 0 bridgehead atoms. The van der Waals surface area contributed by atoms with Crippen LogP contribution in [0.5, 0.6) is 0 Å². The van der Waals surface area contributed by atoms with Crippen LogP contribution < -0.4 is 0 Å². The fraction of sp³-hybridized carbons (Fsp3) is 0.435. The SMILES string of the molecule is Cc1ccccc1C(=O)N1CC[C@@H](OCC2CC2)[C@@H]1Cc1ccccc1. The van der Waals surface area contributed by atoms with Crippen molar-refractivity contribution < 1.29 is 9.53 Å². The maximum Gasteiger partial charge on any atom is 0.254 e. The van der Waals surface area contributed by atoms with Gasteiger partial charge in [-0.3, -0.25) is 4.79 Å². The normalized spacial score (nSPS) is 22.6. The molecule has 1 saturated heterocycles. The Morgan fingerprint density at radius 2 is 1.77 bits per heavy atom. The molecule has 26 heavy (non-hydrogen) atoms. The molecule has 0 radical (unpaired) electrons. The van der Waals surface area contributed by atoms with Crippen molar-refractivity contribution in [3.05, 3.63) is 71.3 Å². The molecule has 2 aromatic rings. The van der Waals surface area contributed by atoms with Crippen LogP contribution in [0.15, 0.2) is 54.6 Å². The van der Waals surface area contributed by atoms with Gasteiger partial charge in [-0.25, -0.2) is 0 Å². The van der Waals surface area contributed by atoms with Crippen LogP contribution in [0.3, 0.4) is 0 Å². The summed E-state index contributed by atoms with van der Waals surface area (Å²) >= 11 is 0. The fourth-order valence-electron chi connectivity index (χ4n) is 3.88. The number of nitrogens with zero attached hydrogens (tertiary/aromatic N) is 1. The van der Waals surface area contributed by atoms with Gasteiger partial charge in [0, 0.05) is 18.7 Å². The zero-order chi connectivity index (χ0) is 17.9. The Balaban J connectivity index is 1.55. The molecule has 2 atom stereocenters. The van der Waals surface area contributed by atoms with Crippen LogP contribution >= 0.6 is 0 Å². The predicted molar refractivity (Wildman–Crippen MR) is 103 cm³/mol. The summed E-state index contributed by atoms with van der Waals surface area (Å²) in [5.41, 5.74) is 3.12. The lowest BCUT2D eigenvalue weighted by atomic mass is 10.0. The van der Waals surface area contributed by atoms with Gasteiger partial charge in [0.25, 0.3) is 5.91 Å². The Hall–Kier alpha value is -2.13. The highest BCUT2D eigenvalue weighted by Crippen LogP contribution is 2.32. The summed E-state index contributed by atoms with van der Waals surface area (Å²) in [4.78, 5) is 15.3. The third-order valence-corrected chi connectivity index (χ3v) is 5.65. The molecule has 1 aliphatic heterocycles. The van der Waals surface area contributed by atoms with Crippen LogP contribution in [-0.2, 0) is 11.2 Å². The zero-order valence-corrected chi connectivity index (χ0v) is 15.4. The molecule has 4 rings (SSSR count). The highest BCUT2D eigenvalue weighted by molar-refractivity contribution is 5.96. The molecule has 3 nitrogen and oxygen atoms in total. The maximum atomic E-state index is 13.2. The fourth-order valence-corrected chi connectivity index (χ4v) is 3.88. The van der Waals surface area contributed by atoms with Crippen molar-refractivity contribution in [2.75, 3.05) is 13.2 Å². The molecule has 1 saturated carbocycles. The second kappa shape index (κ2) is 7.63. The van der Waals surface area contributed by atoms with Crippen molar-refractivity contribution in [1.29, 1.82) is 0 Å². The second-order valence-corrected chi connectivity index (χ2v) is 7.67. The molecule has 136 valence electrons. The molecule has 1 heterocycles. The lowest BCUT2D eigenvalue weighted by Gasteiger charge is -2.29. The van der Waals surface area contributed by atoms with Gasteiger partial charge in [0.2, 0.25) is 0 Å². The number of carbonyl (C=O) groups excluding carboxylic acids is 1. The standard InChI is InChI=1S/C23H27NO2/c1-17-7-5-6-10-20(17)23(25)24-14-13-22(26-16-19-11-12-19)21(24)15-18-8-3-2-4-9-18/h2-10,19,21-22H,11-16H2,1H3/t21-,22+/m0/s1. The van der Waals surface area contributed by atoms with E-state index in [0.29, 0.717) is 0 Å². The largest absolute Gasteiger partial charge is 0.376 e. The first-order valence-corrected chi connectivity index (χ1v) is 9.74. The quantitative estimate of drug-likeness (QED) is 0.780. The van der Waals surface area contributed by atoms with Crippen molar-refractivity contribution in [2.24, 2.45) is 5.92 Å². The molecule has 0 aromatic heterocycles. The minimum atomic E-state index is 0.114. The molecule has 0 spiro atoms. The molecular formula is C23H27NO2. The van der Waals surface area contributed by atoms with E-state index >= 15 is 0 Å². The van der Waals surface area contributed by atoms with E-state index in [1.807, 2.05) is 42.2 Å². The number of likely N-dealkylation sites (tertiary alicyclic amines) is 1. The first-order valence-electron chi connectivity index (χ1n) is 9.74.